The quantitative estimate of drug-likeness (QED) is 0.838. The third-order valence-electron chi connectivity index (χ3n) is 3.27. The van der Waals surface area contributed by atoms with Gasteiger partial charge in [-0.25, -0.2) is 0 Å². The van der Waals surface area contributed by atoms with Crippen molar-refractivity contribution < 1.29 is 9.53 Å². The Labute approximate surface area is 126 Å². The van der Waals surface area contributed by atoms with E-state index in [1.807, 2.05) is 69.4 Å². The fourth-order valence-corrected chi connectivity index (χ4v) is 2.20. The van der Waals surface area contributed by atoms with Crippen molar-refractivity contribution in [1.82, 2.24) is 4.90 Å². The summed E-state index contributed by atoms with van der Waals surface area (Å²) in [7, 11) is 1.82. The molecule has 21 heavy (non-hydrogen) atoms. The van der Waals surface area contributed by atoms with Crippen LogP contribution in [-0.2, 0) is 6.54 Å². The summed E-state index contributed by atoms with van der Waals surface area (Å²) in [6, 6.07) is 15.5. The number of aryl methyl sites for hydroxylation is 1. The molecule has 0 aliphatic heterocycles. The number of hydrogen-bond donors (Lipinski definition) is 0. The molecule has 0 bridgehead atoms. The summed E-state index contributed by atoms with van der Waals surface area (Å²) in [5.41, 5.74) is 2.90. The van der Waals surface area contributed by atoms with Crippen LogP contribution in [0.15, 0.2) is 48.5 Å². The van der Waals surface area contributed by atoms with Gasteiger partial charge in [0.1, 0.15) is 5.75 Å². The number of rotatable bonds is 5. The van der Waals surface area contributed by atoms with E-state index in [0.717, 1.165) is 22.4 Å². The van der Waals surface area contributed by atoms with Gasteiger partial charge >= 0.3 is 0 Å². The van der Waals surface area contributed by atoms with Gasteiger partial charge in [-0.3, -0.25) is 4.79 Å². The third kappa shape index (κ3) is 4.09. The summed E-state index contributed by atoms with van der Waals surface area (Å²) in [5, 5.41) is 0. The molecule has 110 valence electrons. The summed E-state index contributed by atoms with van der Waals surface area (Å²) in [4.78, 5) is 14.1. The molecule has 0 unspecified atom stereocenters. The Morgan fingerprint density at radius 1 is 1.14 bits per heavy atom. The molecule has 0 N–H and O–H groups in total. The Morgan fingerprint density at radius 2 is 1.86 bits per heavy atom. The fourth-order valence-electron chi connectivity index (χ4n) is 2.20. The van der Waals surface area contributed by atoms with Gasteiger partial charge in [-0.05, 0) is 43.7 Å². The van der Waals surface area contributed by atoms with Gasteiger partial charge in [-0.2, -0.15) is 0 Å². The predicted octanol–water partition coefficient (Wildman–Crippen LogP) is 3.67. The van der Waals surface area contributed by atoms with Crippen LogP contribution in [0.2, 0.25) is 0 Å². The average Bonchev–Trinajstić information content (AvgIpc) is 2.48. The van der Waals surface area contributed by atoms with Crippen LogP contribution in [0.25, 0.3) is 0 Å². The number of benzene rings is 2. The van der Waals surface area contributed by atoms with Crippen LogP contribution in [0.5, 0.6) is 5.75 Å². The predicted molar refractivity (Wildman–Crippen MR) is 84.6 cm³/mol. The molecule has 2 aromatic carbocycles. The third-order valence-corrected chi connectivity index (χ3v) is 3.27. The SMILES string of the molecule is CCOc1ccc(CN(C)C(=O)c2cccc(C)c2)cc1. The molecule has 0 radical (unpaired) electrons. The Bertz CT molecular complexity index is 605. The lowest BCUT2D eigenvalue weighted by Crippen LogP contribution is -2.26. The van der Waals surface area contributed by atoms with E-state index in [4.69, 9.17) is 4.74 Å². The largest absolute Gasteiger partial charge is 0.494 e. The maximum absolute atomic E-state index is 12.4. The minimum atomic E-state index is 0.0348. The number of carbonyl (C=O) groups is 1. The molecule has 2 rings (SSSR count). The number of ether oxygens (including phenoxy) is 1. The highest BCUT2D eigenvalue weighted by Crippen LogP contribution is 2.14. The first-order chi connectivity index (χ1) is 10.1. The monoisotopic (exact) mass is 283 g/mol. The van der Waals surface area contributed by atoms with Gasteiger partial charge < -0.3 is 9.64 Å². The Hall–Kier alpha value is -2.29. The summed E-state index contributed by atoms with van der Waals surface area (Å²) in [6.45, 7) is 5.19. The highest BCUT2D eigenvalue weighted by Gasteiger charge is 2.12. The molecule has 0 fully saturated rings. The zero-order valence-electron chi connectivity index (χ0n) is 12.8. The van der Waals surface area contributed by atoms with Crippen LogP contribution in [0.4, 0.5) is 0 Å². The van der Waals surface area contributed by atoms with Gasteiger partial charge in [-0.1, -0.05) is 29.8 Å². The van der Waals surface area contributed by atoms with E-state index in [-0.39, 0.29) is 5.91 Å². The first kappa shape index (κ1) is 15.1. The average molecular weight is 283 g/mol. The van der Waals surface area contributed by atoms with Crippen LogP contribution in [0, 0.1) is 6.92 Å². The van der Waals surface area contributed by atoms with Crippen LogP contribution in [-0.4, -0.2) is 24.5 Å². The molecular formula is C18H21NO2. The van der Waals surface area contributed by atoms with E-state index < -0.39 is 0 Å². The van der Waals surface area contributed by atoms with Gasteiger partial charge in [0.25, 0.3) is 5.91 Å². The van der Waals surface area contributed by atoms with Gasteiger partial charge in [0, 0.05) is 19.2 Å². The molecule has 0 atom stereocenters. The summed E-state index contributed by atoms with van der Waals surface area (Å²) < 4.78 is 5.42. The molecule has 0 saturated heterocycles. The number of amides is 1. The van der Waals surface area contributed by atoms with E-state index in [2.05, 4.69) is 0 Å². The first-order valence-electron chi connectivity index (χ1n) is 7.14. The smallest absolute Gasteiger partial charge is 0.253 e. The molecule has 3 heteroatoms. The fraction of sp³-hybridized carbons (Fsp3) is 0.278. The highest BCUT2D eigenvalue weighted by molar-refractivity contribution is 5.94. The van der Waals surface area contributed by atoms with Crippen LogP contribution in [0.3, 0.4) is 0 Å². The zero-order valence-corrected chi connectivity index (χ0v) is 12.8. The second kappa shape index (κ2) is 6.93. The van der Waals surface area contributed by atoms with Crippen LogP contribution >= 0.6 is 0 Å². The number of nitrogens with zero attached hydrogens (tertiary/aromatic N) is 1. The van der Waals surface area contributed by atoms with Crippen molar-refractivity contribution in [3.63, 3.8) is 0 Å². The van der Waals surface area contributed by atoms with Crippen molar-refractivity contribution in [2.24, 2.45) is 0 Å². The summed E-state index contributed by atoms with van der Waals surface area (Å²) in [6.07, 6.45) is 0. The lowest BCUT2D eigenvalue weighted by Gasteiger charge is -2.18. The maximum Gasteiger partial charge on any atom is 0.253 e. The molecule has 0 saturated carbocycles. The van der Waals surface area contributed by atoms with Crippen molar-refractivity contribution in [2.45, 2.75) is 20.4 Å². The van der Waals surface area contributed by atoms with E-state index in [0.29, 0.717) is 13.2 Å². The molecule has 2 aromatic rings. The van der Waals surface area contributed by atoms with E-state index in [1.165, 1.54) is 0 Å². The Balaban J connectivity index is 2.03. The minimum absolute atomic E-state index is 0.0348. The van der Waals surface area contributed by atoms with Crippen molar-refractivity contribution >= 4 is 5.91 Å². The van der Waals surface area contributed by atoms with Crippen molar-refractivity contribution in [1.29, 1.82) is 0 Å². The van der Waals surface area contributed by atoms with Gasteiger partial charge in [0.15, 0.2) is 0 Å². The van der Waals surface area contributed by atoms with Gasteiger partial charge in [-0.15, -0.1) is 0 Å². The van der Waals surface area contributed by atoms with E-state index in [9.17, 15) is 4.79 Å². The molecular weight excluding hydrogens is 262 g/mol. The van der Waals surface area contributed by atoms with Crippen molar-refractivity contribution in [3.8, 4) is 5.75 Å². The van der Waals surface area contributed by atoms with Gasteiger partial charge in [0.05, 0.1) is 6.61 Å². The number of hydrogen-bond acceptors (Lipinski definition) is 2. The minimum Gasteiger partial charge on any atom is -0.494 e. The lowest BCUT2D eigenvalue weighted by molar-refractivity contribution is 0.0785. The standard InChI is InChI=1S/C18H21NO2/c1-4-21-17-10-8-15(9-11-17)13-19(3)18(20)16-7-5-6-14(2)12-16/h5-12H,4,13H2,1-3H3. The Morgan fingerprint density at radius 3 is 2.48 bits per heavy atom. The topological polar surface area (TPSA) is 29.5 Å². The summed E-state index contributed by atoms with van der Waals surface area (Å²) in [5.74, 6) is 0.890. The number of carbonyl (C=O) groups excluding carboxylic acids is 1. The second-order valence-electron chi connectivity index (χ2n) is 5.11. The highest BCUT2D eigenvalue weighted by atomic mass is 16.5. The normalized spacial score (nSPS) is 10.2. The van der Waals surface area contributed by atoms with Crippen LogP contribution in [0.1, 0.15) is 28.4 Å². The first-order valence-corrected chi connectivity index (χ1v) is 7.14. The van der Waals surface area contributed by atoms with Crippen molar-refractivity contribution in [3.05, 3.63) is 65.2 Å². The second-order valence-corrected chi connectivity index (χ2v) is 5.11. The molecule has 0 aromatic heterocycles. The van der Waals surface area contributed by atoms with E-state index >= 15 is 0 Å². The molecule has 0 aliphatic carbocycles. The molecule has 0 spiro atoms. The zero-order chi connectivity index (χ0) is 15.2. The van der Waals surface area contributed by atoms with Crippen LogP contribution < -0.4 is 4.74 Å². The summed E-state index contributed by atoms with van der Waals surface area (Å²) >= 11 is 0. The molecule has 0 heterocycles. The van der Waals surface area contributed by atoms with Gasteiger partial charge in [0.2, 0.25) is 0 Å². The Kier molecular flexibility index (Phi) is 4.99. The van der Waals surface area contributed by atoms with Crippen molar-refractivity contribution in [2.75, 3.05) is 13.7 Å². The molecule has 3 nitrogen and oxygen atoms in total. The lowest BCUT2D eigenvalue weighted by atomic mass is 10.1. The van der Waals surface area contributed by atoms with E-state index in [1.54, 1.807) is 4.90 Å². The molecule has 0 aliphatic rings. The maximum atomic E-state index is 12.4. The molecule has 1 amide bonds.